The molecule has 0 saturated heterocycles. The van der Waals surface area contributed by atoms with Crippen LogP contribution in [0.4, 0.5) is 5.82 Å². The molecule has 11 heteroatoms. The van der Waals surface area contributed by atoms with Crippen LogP contribution in [0.15, 0.2) is 36.7 Å². The van der Waals surface area contributed by atoms with Crippen molar-refractivity contribution in [3.8, 4) is 0 Å². The number of benzene rings is 1. The predicted octanol–water partition coefficient (Wildman–Crippen LogP) is 1.06. The van der Waals surface area contributed by atoms with Gasteiger partial charge >= 0.3 is 0 Å². The molecule has 0 radical (unpaired) electrons. The van der Waals surface area contributed by atoms with Crippen molar-refractivity contribution in [3.05, 3.63) is 47.5 Å². The molecule has 1 saturated carbocycles. The molecule has 2 heterocycles. The van der Waals surface area contributed by atoms with Gasteiger partial charge < -0.3 is 30.5 Å². The van der Waals surface area contributed by atoms with Crippen LogP contribution in [-0.2, 0) is 11.2 Å². The highest BCUT2D eigenvalue weighted by atomic mass is 35.5. The third kappa shape index (κ3) is 4.93. The number of rotatable bonds is 8. The highest BCUT2D eigenvalue weighted by Gasteiger charge is 2.43. The van der Waals surface area contributed by atoms with Crippen LogP contribution in [0.25, 0.3) is 11.2 Å². The summed E-state index contributed by atoms with van der Waals surface area (Å²) in [6.07, 6.45) is 0.409. The molecular formula is C22H27ClN6O4. The SMILES string of the molecule is CCC(=O)N[C@H]1C[C@@H](n2cnc3c(N[C@H](CO)Cc4ccccc4)nc(Cl)nc32)[C@H](O)[C@@H]1O. The number of aliphatic hydroxyl groups is 3. The molecule has 0 aliphatic heterocycles. The molecule has 0 spiro atoms. The van der Waals surface area contributed by atoms with E-state index in [1.165, 1.54) is 6.33 Å². The number of carbonyl (C=O) groups is 1. The zero-order valence-electron chi connectivity index (χ0n) is 18.1. The minimum Gasteiger partial charge on any atom is -0.394 e. The molecule has 1 amide bonds. The number of aromatic nitrogens is 4. The number of anilines is 1. The fraction of sp³-hybridized carbons (Fsp3) is 0.455. The van der Waals surface area contributed by atoms with E-state index in [-0.39, 0.29) is 30.3 Å². The molecule has 3 aromatic rings. The molecule has 176 valence electrons. The second-order valence-electron chi connectivity index (χ2n) is 8.19. The van der Waals surface area contributed by atoms with Gasteiger partial charge in [-0.15, -0.1) is 0 Å². The van der Waals surface area contributed by atoms with Crippen molar-refractivity contribution in [1.29, 1.82) is 0 Å². The molecule has 1 fully saturated rings. The van der Waals surface area contributed by atoms with Crippen molar-refractivity contribution < 1.29 is 20.1 Å². The van der Waals surface area contributed by atoms with Gasteiger partial charge in [-0.3, -0.25) is 4.79 Å². The van der Waals surface area contributed by atoms with Crippen LogP contribution < -0.4 is 10.6 Å². The first-order valence-electron chi connectivity index (χ1n) is 10.9. The van der Waals surface area contributed by atoms with E-state index in [4.69, 9.17) is 11.6 Å². The number of hydrogen-bond acceptors (Lipinski definition) is 8. The minimum absolute atomic E-state index is 0.0213. The quantitative estimate of drug-likeness (QED) is 0.305. The van der Waals surface area contributed by atoms with Crippen LogP contribution in [0, 0.1) is 0 Å². The average molecular weight is 475 g/mol. The zero-order valence-corrected chi connectivity index (χ0v) is 18.9. The average Bonchev–Trinajstić information content (AvgIpc) is 3.35. The normalized spacial score (nSPS) is 23.5. The minimum atomic E-state index is -1.13. The summed E-state index contributed by atoms with van der Waals surface area (Å²) in [7, 11) is 0. The highest BCUT2D eigenvalue weighted by Crippen LogP contribution is 2.34. The second-order valence-corrected chi connectivity index (χ2v) is 8.53. The van der Waals surface area contributed by atoms with Crippen molar-refractivity contribution in [3.63, 3.8) is 0 Å². The molecule has 1 aliphatic rings. The molecule has 33 heavy (non-hydrogen) atoms. The van der Waals surface area contributed by atoms with Gasteiger partial charge in [-0.1, -0.05) is 37.3 Å². The summed E-state index contributed by atoms with van der Waals surface area (Å²) < 4.78 is 1.64. The molecule has 0 bridgehead atoms. The summed E-state index contributed by atoms with van der Waals surface area (Å²) in [5.74, 6) is 0.162. The summed E-state index contributed by atoms with van der Waals surface area (Å²) in [6.45, 7) is 1.59. The van der Waals surface area contributed by atoms with Crippen molar-refractivity contribution >= 4 is 34.5 Å². The van der Waals surface area contributed by atoms with Gasteiger partial charge in [0.2, 0.25) is 11.2 Å². The molecule has 1 aromatic carbocycles. The fourth-order valence-corrected chi connectivity index (χ4v) is 4.39. The number of imidazole rings is 1. The first-order valence-corrected chi connectivity index (χ1v) is 11.3. The van der Waals surface area contributed by atoms with Crippen molar-refractivity contribution in [2.24, 2.45) is 0 Å². The maximum absolute atomic E-state index is 11.8. The third-order valence-electron chi connectivity index (χ3n) is 5.96. The molecule has 5 N–H and O–H groups in total. The van der Waals surface area contributed by atoms with Crippen molar-refractivity contribution in [2.45, 2.75) is 56.5 Å². The first-order chi connectivity index (χ1) is 15.9. The van der Waals surface area contributed by atoms with Crippen LogP contribution in [0.2, 0.25) is 5.28 Å². The fourth-order valence-electron chi connectivity index (χ4n) is 4.22. The van der Waals surface area contributed by atoms with Gasteiger partial charge in [0.25, 0.3) is 0 Å². The van der Waals surface area contributed by atoms with Gasteiger partial charge in [0, 0.05) is 6.42 Å². The molecule has 2 aromatic heterocycles. The van der Waals surface area contributed by atoms with Gasteiger partial charge in [0.15, 0.2) is 17.0 Å². The van der Waals surface area contributed by atoms with E-state index in [1.54, 1.807) is 11.5 Å². The lowest BCUT2D eigenvalue weighted by Crippen LogP contribution is -2.42. The number of carbonyl (C=O) groups excluding carboxylic acids is 1. The van der Waals surface area contributed by atoms with Gasteiger partial charge in [0.05, 0.1) is 31.1 Å². The van der Waals surface area contributed by atoms with Gasteiger partial charge in [0.1, 0.15) is 12.2 Å². The topological polar surface area (TPSA) is 145 Å². The Labute approximate surface area is 195 Å². The monoisotopic (exact) mass is 474 g/mol. The van der Waals surface area contributed by atoms with E-state index in [0.29, 0.717) is 29.8 Å². The zero-order chi connectivity index (χ0) is 23.5. The van der Waals surface area contributed by atoms with E-state index in [2.05, 4.69) is 25.6 Å². The summed E-state index contributed by atoms with van der Waals surface area (Å²) in [6, 6.07) is 8.26. The number of halogens is 1. The Morgan fingerprint density at radius 3 is 2.70 bits per heavy atom. The van der Waals surface area contributed by atoms with Gasteiger partial charge in [-0.05, 0) is 30.0 Å². The maximum Gasteiger partial charge on any atom is 0.226 e. The number of amides is 1. The number of nitrogens with one attached hydrogen (secondary N) is 2. The Morgan fingerprint density at radius 2 is 2.00 bits per heavy atom. The van der Waals surface area contributed by atoms with Crippen LogP contribution in [-0.4, -0.2) is 71.6 Å². The van der Waals surface area contributed by atoms with Crippen LogP contribution in [0.3, 0.4) is 0 Å². The van der Waals surface area contributed by atoms with E-state index >= 15 is 0 Å². The third-order valence-corrected chi connectivity index (χ3v) is 6.13. The molecule has 4 rings (SSSR count). The van der Waals surface area contributed by atoms with Crippen LogP contribution in [0.1, 0.15) is 31.4 Å². The second kappa shape index (κ2) is 10.0. The first kappa shape index (κ1) is 23.4. The smallest absolute Gasteiger partial charge is 0.226 e. The molecule has 5 atom stereocenters. The summed E-state index contributed by atoms with van der Waals surface area (Å²) in [5, 5.41) is 36.9. The molecular weight excluding hydrogens is 448 g/mol. The van der Waals surface area contributed by atoms with Crippen molar-refractivity contribution in [1.82, 2.24) is 24.8 Å². The Hall–Kier alpha value is -2.79. The lowest BCUT2D eigenvalue weighted by molar-refractivity contribution is -0.122. The maximum atomic E-state index is 11.8. The number of fused-ring (bicyclic) bond motifs is 1. The predicted molar refractivity (Wildman–Crippen MR) is 123 cm³/mol. The lowest BCUT2D eigenvalue weighted by atomic mass is 10.1. The number of aliphatic hydroxyl groups excluding tert-OH is 3. The van der Waals surface area contributed by atoms with Crippen LogP contribution in [0.5, 0.6) is 0 Å². The molecule has 10 nitrogen and oxygen atoms in total. The Balaban J connectivity index is 1.60. The number of hydrogen-bond donors (Lipinski definition) is 5. The molecule has 0 unspecified atom stereocenters. The number of nitrogens with zero attached hydrogens (tertiary/aromatic N) is 4. The lowest BCUT2D eigenvalue weighted by Gasteiger charge is -2.19. The van der Waals surface area contributed by atoms with E-state index in [9.17, 15) is 20.1 Å². The Kier molecular flexibility index (Phi) is 7.08. The van der Waals surface area contributed by atoms with Gasteiger partial charge in [-0.2, -0.15) is 9.97 Å². The van der Waals surface area contributed by atoms with E-state index < -0.39 is 24.3 Å². The Bertz CT molecular complexity index is 1110. The standard InChI is InChI=1S/C22H27ClN6O4/c1-2-16(31)26-14-9-15(19(33)18(14)32)29-11-24-17-20(27-22(23)28-21(17)29)25-13(10-30)8-12-6-4-3-5-7-12/h3-7,11,13-15,18-19,30,32-33H,2,8-10H2,1H3,(H,26,31)(H,25,27,28)/t13-,14-,15+,18+,19-/m0/s1. The Morgan fingerprint density at radius 1 is 1.24 bits per heavy atom. The van der Waals surface area contributed by atoms with Gasteiger partial charge in [-0.25, -0.2) is 4.98 Å². The summed E-state index contributed by atoms with van der Waals surface area (Å²) in [4.78, 5) is 24.8. The van der Waals surface area contributed by atoms with Crippen molar-refractivity contribution in [2.75, 3.05) is 11.9 Å². The highest BCUT2D eigenvalue weighted by molar-refractivity contribution is 6.28. The van der Waals surface area contributed by atoms with Crippen LogP contribution >= 0.6 is 11.6 Å². The largest absolute Gasteiger partial charge is 0.394 e. The van der Waals surface area contributed by atoms with E-state index in [1.807, 2.05) is 30.3 Å². The summed E-state index contributed by atoms with van der Waals surface area (Å²) >= 11 is 6.19. The molecule has 1 aliphatic carbocycles. The summed E-state index contributed by atoms with van der Waals surface area (Å²) in [5.41, 5.74) is 1.86. The van der Waals surface area contributed by atoms with E-state index in [0.717, 1.165) is 5.56 Å².